The van der Waals surface area contributed by atoms with E-state index in [4.69, 9.17) is 17.0 Å². The van der Waals surface area contributed by atoms with Crippen molar-refractivity contribution in [1.29, 1.82) is 0 Å². The lowest BCUT2D eigenvalue weighted by atomic mass is 10.3. The highest BCUT2D eigenvalue weighted by Crippen LogP contribution is 2.17. The Bertz CT molecular complexity index is 643. The lowest BCUT2D eigenvalue weighted by Crippen LogP contribution is -2.23. The zero-order chi connectivity index (χ0) is 13.9. The molecule has 1 aliphatic rings. The van der Waals surface area contributed by atoms with E-state index in [-0.39, 0.29) is 0 Å². The average Bonchev–Trinajstić information content (AvgIpc) is 3.11. The van der Waals surface area contributed by atoms with Gasteiger partial charge in [0.1, 0.15) is 12.1 Å². The van der Waals surface area contributed by atoms with Crippen LogP contribution in [0.25, 0.3) is 5.69 Å². The first-order valence-corrected chi connectivity index (χ1v) is 7.20. The maximum atomic E-state index is 5.52. The molecule has 0 radical (unpaired) electrons. The maximum absolute atomic E-state index is 5.52. The molecule has 3 rings (SSSR count). The number of benzene rings is 1. The Morgan fingerprint density at radius 2 is 2.10 bits per heavy atom. The van der Waals surface area contributed by atoms with Crippen LogP contribution < -0.4 is 4.74 Å². The van der Waals surface area contributed by atoms with Crippen LogP contribution in [0.5, 0.6) is 5.75 Å². The monoisotopic (exact) mass is 290 g/mol. The van der Waals surface area contributed by atoms with Crippen LogP contribution in [0.4, 0.5) is 0 Å². The Morgan fingerprint density at radius 3 is 2.85 bits per heavy atom. The van der Waals surface area contributed by atoms with Gasteiger partial charge < -0.3 is 4.74 Å². The van der Waals surface area contributed by atoms with Gasteiger partial charge in [-0.2, -0.15) is 5.10 Å². The fourth-order valence-corrected chi connectivity index (χ4v) is 2.74. The van der Waals surface area contributed by atoms with Crippen LogP contribution in [0.15, 0.2) is 30.6 Å². The molecule has 1 saturated heterocycles. The molecule has 106 valence electrons. The second-order valence-corrected chi connectivity index (χ2v) is 5.32. The smallest absolute Gasteiger partial charge is 0.203 e. The summed E-state index contributed by atoms with van der Waals surface area (Å²) in [6.45, 7) is 3.04. The van der Waals surface area contributed by atoms with Gasteiger partial charge in [-0.1, -0.05) is 6.07 Å². The van der Waals surface area contributed by atoms with Crippen molar-refractivity contribution in [2.45, 2.75) is 19.5 Å². The minimum Gasteiger partial charge on any atom is -0.497 e. The van der Waals surface area contributed by atoms with Crippen LogP contribution in [-0.4, -0.2) is 39.4 Å². The summed E-state index contributed by atoms with van der Waals surface area (Å²) in [4.78, 5) is 2.37. The molecule has 0 unspecified atom stereocenters. The van der Waals surface area contributed by atoms with E-state index in [1.807, 2.05) is 33.5 Å². The molecule has 1 aliphatic heterocycles. The molecule has 0 atom stereocenters. The van der Waals surface area contributed by atoms with E-state index in [1.165, 1.54) is 12.8 Å². The van der Waals surface area contributed by atoms with Crippen LogP contribution in [-0.2, 0) is 6.67 Å². The number of methoxy groups -OCH3 is 1. The Hall–Kier alpha value is -1.66. The predicted molar refractivity (Wildman–Crippen MR) is 79.7 cm³/mol. The van der Waals surface area contributed by atoms with Crippen LogP contribution in [0.2, 0.25) is 0 Å². The van der Waals surface area contributed by atoms with Crippen molar-refractivity contribution in [3.05, 3.63) is 35.4 Å². The molecule has 1 aromatic carbocycles. The Morgan fingerprint density at radius 1 is 1.30 bits per heavy atom. The normalized spacial score (nSPS) is 15.7. The predicted octanol–water partition coefficient (Wildman–Crippen LogP) is 2.47. The van der Waals surface area contributed by atoms with Gasteiger partial charge in [-0.25, -0.2) is 4.68 Å². The molecular formula is C14H18N4OS. The van der Waals surface area contributed by atoms with Gasteiger partial charge in [0.2, 0.25) is 4.77 Å². The first-order chi connectivity index (χ1) is 9.78. The summed E-state index contributed by atoms with van der Waals surface area (Å²) in [5, 5.41) is 4.40. The highest BCUT2D eigenvalue weighted by Gasteiger charge is 2.13. The number of hydrogen-bond donors (Lipinski definition) is 0. The van der Waals surface area contributed by atoms with E-state index in [2.05, 4.69) is 10.00 Å². The molecule has 0 saturated carbocycles. The van der Waals surface area contributed by atoms with Gasteiger partial charge in [-0.15, -0.1) is 0 Å². The maximum Gasteiger partial charge on any atom is 0.203 e. The first-order valence-electron chi connectivity index (χ1n) is 6.79. The molecule has 6 heteroatoms. The van der Waals surface area contributed by atoms with E-state index >= 15 is 0 Å². The fourth-order valence-electron chi connectivity index (χ4n) is 2.49. The number of likely N-dealkylation sites (tertiary alicyclic amines) is 1. The van der Waals surface area contributed by atoms with Gasteiger partial charge in [0.15, 0.2) is 0 Å². The molecule has 0 amide bonds. The van der Waals surface area contributed by atoms with Crippen LogP contribution >= 0.6 is 12.2 Å². The van der Waals surface area contributed by atoms with Crippen molar-refractivity contribution in [3.8, 4) is 11.4 Å². The van der Waals surface area contributed by atoms with Crippen molar-refractivity contribution < 1.29 is 4.74 Å². The van der Waals surface area contributed by atoms with Crippen molar-refractivity contribution in [1.82, 2.24) is 19.2 Å². The summed E-state index contributed by atoms with van der Waals surface area (Å²) < 4.78 is 9.75. The van der Waals surface area contributed by atoms with E-state index < -0.39 is 0 Å². The topological polar surface area (TPSA) is 35.2 Å². The van der Waals surface area contributed by atoms with Crippen LogP contribution in [0, 0.1) is 4.77 Å². The number of hydrogen-bond acceptors (Lipinski definition) is 4. The summed E-state index contributed by atoms with van der Waals surface area (Å²) in [6, 6.07) is 7.83. The molecule has 0 aliphatic carbocycles. The largest absolute Gasteiger partial charge is 0.497 e. The van der Waals surface area contributed by atoms with Gasteiger partial charge in [-0.05, 0) is 50.3 Å². The Kier molecular flexibility index (Phi) is 3.84. The molecule has 2 aromatic rings. The molecule has 2 heterocycles. The van der Waals surface area contributed by atoms with Gasteiger partial charge in [0.25, 0.3) is 0 Å². The van der Waals surface area contributed by atoms with Crippen molar-refractivity contribution >= 4 is 12.2 Å². The summed E-state index contributed by atoms with van der Waals surface area (Å²) >= 11 is 5.52. The van der Waals surface area contributed by atoms with Crippen LogP contribution in [0.1, 0.15) is 12.8 Å². The number of aromatic nitrogens is 3. The number of nitrogens with zero attached hydrogens (tertiary/aromatic N) is 4. The highest BCUT2D eigenvalue weighted by atomic mass is 32.1. The fraction of sp³-hybridized carbons (Fsp3) is 0.429. The SMILES string of the molecule is COc1cccc(-n2cnn(CN3CCCC3)c2=S)c1. The van der Waals surface area contributed by atoms with Gasteiger partial charge in [0.05, 0.1) is 19.5 Å². The summed E-state index contributed by atoms with van der Waals surface area (Å²) in [6.07, 6.45) is 4.31. The zero-order valence-electron chi connectivity index (χ0n) is 11.5. The van der Waals surface area contributed by atoms with E-state index in [9.17, 15) is 0 Å². The second-order valence-electron chi connectivity index (χ2n) is 4.95. The zero-order valence-corrected chi connectivity index (χ0v) is 12.3. The van der Waals surface area contributed by atoms with E-state index in [0.717, 1.165) is 31.2 Å². The highest BCUT2D eigenvalue weighted by molar-refractivity contribution is 7.71. The lowest BCUT2D eigenvalue weighted by molar-refractivity contribution is 0.253. The lowest BCUT2D eigenvalue weighted by Gasteiger charge is -2.13. The third-order valence-corrected chi connectivity index (χ3v) is 4.00. The van der Waals surface area contributed by atoms with Crippen molar-refractivity contribution in [2.75, 3.05) is 20.2 Å². The minimum absolute atomic E-state index is 0.713. The molecule has 1 aromatic heterocycles. The van der Waals surface area contributed by atoms with Gasteiger partial charge in [-0.3, -0.25) is 9.47 Å². The van der Waals surface area contributed by atoms with E-state index in [0.29, 0.717) is 4.77 Å². The van der Waals surface area contributed by atoms with Crippen molar-refractivity contribution in [3.63, 3.8) is 0 Å². The van der Waals surface area contributed by atoms with Gasteiger partial charge >= 0.3 is 0 Å². The summed E-state index contributed by atoms with van der Waals surface area (Å²) in [5.74, 6) is 0.816. The molecule has 0 spiro atoms. The Labute approximate surface area is 123 Å². The molecular weight excluding hydrogens is 272 g/mol. The molecule has 0 N–H and O–H groups in total. The third-order valence-electron chi connectivity index (χ3n) is 3.60. The summed E-state index contributed by atoms with van der Waals surface area (Å²) in [7, 11) is 1.66. The Balaban J connectivity index is 1.87. The average molecular weight is 290 g/mol. The minimum atomic E-state index is 0.713. The summed E-state index contributed by atoms with van der Waals surface area (Å²) in [5.41, 5.74) is 0.974. The molecule has 1 fully saturated rings. The second kappa shape index (κ2) is 5.76. The number of ether oxygens (including phenoxy) is 1. The molecule has 20 heavy (non-hydrogen) atoms. The van der Waals surface area contributed by atoms with E-state index in [1.54, 1.807) is 13.4 Å². The standard InChI is InChI=1S/C14H18N4OS/c1-19-13-6-4-5-12(9-13)17-10-15-18(14(17)20)11-16-7-2-3-8-16/h4-6,9-10H,2-3,7-8,11H2,1H3. The van der Waals surface area contributed by atoms with Crippen LogP contribution in [0.3, 0.4) is 0 Å². The quantitative estimate of drug-likeness (QED) is 0.810. The van der Waals surface area contributed by atoms with Gasteiger partial charge in [0, 0.05) is 6.07 Å². The first kappa shape index (κ1) is 13.3. The molecule has 0 bridgehead atoms. The van der Waals surface area contributed by atoms with Crippen molar-refractivity contribution in [2.24, 2.45) is 0 Å². The third kappa shape index (κ3) is 2.62. The molecule has 5 nitrogen and oxygen atoms in total. The number of rotatable bonds is 4.